The van der Waals surface area contributed by atoms with Crippen LogP contribution in [0.25, 0.3) is 0 Å². The number of piperazine rings is 1. The molecule has 2 bridgehead atoms. The number of amides is 1. The Morgan fingerprint density at radius 1 is 1.12 bits per heavy atom. The smallest absolute Gasteiger partial charge is 0.411 e. The second-order valence-electron chi connectivity index (χ2n) is 12.5. The fraction of sp³-hybridized carbons (Fsp3) is 0.731. The van der Waals surface area contributed by atoms with Crippen LogP contribution in [-0.2, 0) is 15.7 Å². The first kappa shape index (κ1) is 25.3. The van der Waals surface area contributed by atoms with Crippen molar-refractivity contribution in [3.63, 3.8) is 0 Å². The topological polar surface area (TPSA) is 42.0 Å². The predicted octanol–water partition coefficient (Wildman–Crippen LogP) is 6.05. The van der Waals surface area contributed by atoms with E-state index in [4.69, 9.17) is 9.16 Å². The zero-order chi connectivity index (χ0) is 23.9. The zero-order valence-electron chi connectivity index (χ0n) is 21.7. The van der Waals surface area contributed by atoms with E-state index in [2.05, 4.69) is 80.9 Å². The van der Waals surface area contributed by atoms with Gasteiger partial charge in [0.15, 0.2) is 8.32 Å². The molecule has 0 aliphatic carbocycles. The van der Waals surface area contributed by atoms with Gasteiger partial charge >= 0.3 is 6.09 Å². The molecule has 2 fully saturated rings. The van der Waals surface area contributed by atoms with Gasteiger partial charge in [0.1, 0.15) is 5.60 Å². The maximum absolute atomic E-state index is 13.3. The van der Waals surface area contributed by atoms with Crippen molar-refractivity contribution in [1.29, 1.82) is 0 Å². The Morgan fingerprint density at radius 2 is 1.75 bits per heavy atom. The molecule has 6 heteroatoms. The van der Waals surface area contributed by atoms with E-state index in [1.807, 2.05) is 20.8 Å². The summed E-state index contributed by atoms with van der Waals surface area (Å²) in [6.45, 7) is 21.9. The van der Waals surface area contributed by atoms with Gasteiger partial charge in [-0.25, -0.2) is 4.79 Å². The molecule has 0 radical (unpaired) electrons. The maximum atomic E-state index is 13.3. The summed E-state index contributed by atoms with van der Waals surface area (Å²) in [5, 5.41) is 0.154. The van der Waals surface area contributed by atoms with Gasteiger partial charge in [-0.3, -0.25) is 9.80 Å². The van der Waals surface area contributed by atoms with Crippen LogP contribution in [0.5, 0.6) is 0 Å². The SMILES string of the molecule is CC(C)(C)OC(=O)N1[C@H]2CC[C@]1(C)CN(Cc1ccccc1)[C@@H]2CO[Si](C)(C)C(C)(C)C. The summed E-state index contributed by atoms with van der Waals surface area (Å²) in [6.07, 6.45) is 1.81. The van der Waals surface area contributed by atoms with Crippen molar-refractivity contribution in [3.05, 3.63) is 35.9 Å². The molecule has 5 nitrogen and oxygen atoms in total. The largest absolute Gasteiger partial charge is 0.444 e. The summed E-state index contributed by atoms with van der Waals surface area (Å²) in [4.78, 5) is 17.9. The van der Waals surface area contributed by atoms with Crippen LogP contribution in [0.2, 0.25) is 18.1 Å². The molecule has 2 heterocycles. The number of fused-ring (bicyclic) bond motifs is 2. The minimum absolute atomic E-state index is 0.108. The van der Waals surface area contributed by atoms with Crippen molar-refractivity contribution in [2.75, 3.05) is 13.2 Å². The molecular formula is C26H44N2O3Si. The highest BCUT2D eigenvalue weighted by Gasteiger charge is 2.56. The summed E-state index contributed by atoms with van der Waals surface area (Å²) in [6, 6.07) is 10.9. The second kappa shape index (κ2) is 8.77. The third-order valence-electron chi connectivity index (χ3n) is 7.59. The maximum Gasteiger partial charge on any atom is 0.411 e. The fourth-order valence-corrected chi connectivity index (χ4v) is 5.83. The first-order valence-corrected chi connectivity index (χ1v) is 15.0. The molecule has 1 aromatic carbocycles. The molecule has 0 spiro atoms. The van der Waals surface area contributed by atoms with Crippen molar-refractivity contribution in [2.45, 2.75) is 109 Å². The number of benzene rings is 1. The predicted molar refractivity (Wildman–Crippen MR) is 133 cm³/mol. The molecule has 0 aromatic heterocycles. The van der Waals surface area contributed by atoms with Crippen molar-refractivity contribution < 1.29 is 14.0 Å². The number of nitrogens with zero attached hydrogens (tertiary/aromatic N) is 2. The van der Waals surface area contributed by atoms with E-state index in [9.17, 15) is 4.79 Å². The van der Waals surface area contributed by atoms with Crippen LogP contribution < -0.4 is 0 Å². The van der Waals surface area contributed by atoms with Crippen LogP contribution in [0.4, 0.5) is 4.79 Å². The Hall–Kier alpha value is -1.37. The number of carbonyl (C=O) groups excluding carboxylic acids is 1. The molecule has 32 heavy (non-hydrogen) atoms. The summed E-state index contributed by atoms with van der Waals surface area (Å²) in [7, 11) is -1.91. The van der Waals surface area contributed by atoms with E-state index >= 15 is 0 Å². The molecule has 2 aliphatic heterocycles. The summed E-state index contributed by atoms with van der Waals surface area (Å²) in [5.41, 5.74) is 0.592. The van der Waals surface area contributed by atoms with Crippen LogP contribution in [0.15, 0.2) is 30.3 Å². The normalized spacial score (nSPS) is 27.0. The fourth-order valence-electron chi connectivity index (χ4n) is 4.81. The highest BCUT2D eigenvalue weighted by atomic mass is 28.4. The summed E-state index contributed by atoms with van der Waals surface area (Å²) < 4.78 is 12.6. The molecule has 3 atom stereocenters. The highest BCUT2D eigenvalue weighted by molar-refractivity contribution is 6.74. The first-order valence-electron chi connectivity index (χ1n) is 12.1. The molecule has 0 unspecified atom stereocenters. The molecule has 2 saturated heterocycles. The number of hydrogen-bond donors (Lipinski definition) is 0. The van der Waals surface area contributed by atoms with Gasteiger partial charge in [0, 0.05) is 13.1 Å². The number of rotatable bonds is 5. The van der Waals surface area contributed by atoms with Crippen LogP contribution in [0, 0.1) is 0 Å². The summed E-state index contributed by atoms with van der Waals surface area (Å²) in [5.74, 6) is 0. The van der Waals surface area contributed by atoms with Gasteiger partial charge < -0.3 is 9.16 Å². The Bertz CT molecular complexity index is 800. The van der Waals surface area contributed by atoms with E-state index in [0.717, 1.165) is 25.9 Å². The molecule has 0 saturated carbocycles. The molecule has 1 amide bonds. The lowest BCUT2D eigenvalue weighted by molar-refractivity contribution is -0.0604. The van der Waals surface area contributed by atoms with E-state index in [1.165, 1.54) is 5.56 Å². The lowest BCUT2D eigenvalue weighted by atomic mass is 9.95. The lowest BCUT2D eigenvalue weighted by Gasteiger charge is -2.52. The first-order chi connectivity index (χ1) is 14.6. The van der Waals surface area contributed by atoms with Crippen molar-refractivity contribution in [3.8, 4) is 0 Å². The number of hydrogen-bond acceptors (Lipinski definition) is 4. The Balaban J connectivity index is 1.89. The van der Waals surface area contributed by atoms with E-state index in [1.54, 1.807) is 0 Å². The van der Waals surface area contributed by atoms with E-state index in [-0.39, 0.29) is 28.8 Å². The van der Waals surface area contributed by atoms with E-state index < -0.39 is 13.9 Å². The summed E-state index contributed by atoms with van der Waals surface area (Å²) >= 11 is 0. The minimum Gasteiger partial charge on any atom is -0.444 e. The molecule has 3 rings (SSSR count). The van der Waals surface area contributed by atoms with Gasteiger partial charge in [-0.05, 0) is 64.2 Å². The Labute approximate surface area is 196 Å². The van der Waals surface area contributed by atoms with Gasteiger partial charge in [-0.1, -0.05) is 51.1 Å². The number of ether oxygens (including phenoxy) is 1. The monoisotopic (exact) mass is 460 g/mol. The third kappa shape index (κ3) is 5.40. The quantitative estimate of drug-likeness (QED) is 0.502. The molecule has 0 N–H and O–H groups in total. The molecule has 2 aliphatic rings. The second-order valence-corrected chi connectivity index (χ2v) is 17.3. The van der Waals surface area contributed by atoms with Gasteiger partial charge in [0.05, 0.1) is 24.2 Å². The van der Waals surface area contributed by atoms with Gasteiger partial charge in [0.2, 0.25) is 0 Å². The van der Waals surface area contributed by atoms with Crippen LogP contribution in [0.3, 0.4) is 0 Å². The third-order valence-corrected chi connectivity index (χ3v) is 12.1. The lowest BCUT2D eigenvalue weighted by Crippen LogP contribution is -2.67. The average Bonchev–Trinajstić information content (AvgIpc) is 2.90. The zero-order valence-corrected chi connectivity index (χ0v) is 22.7. The van der Waals surface area contributed by atoms with Crippen molar-refractivity contribution in [2.24, 2.45) is 0 Å². The highest BCUT2D eigenvalue weighted by Crippen LogP contribution is 2.44. The van der Waals surface area contributed by atoms with Gasteiger partial charge in [-0.15, -0.1) is 0 Å². The molecular weight excluding hydrogens is 416 g/mol. The Kier molecular flexibility index (Phi) is 6.92. The minimum atomic E-state index is -1.91. The number of carbonyl (C=O) groups is 1. The van der Waals surface area contributed by atoms with Crippen LogP contribution in [0.1, 0.15) is 66.9 Å². The van der Waals surface area contributed by atoms with Gasteiger partial charge in [-0.2, -0.15) is 0 Å². The molecule has 1 aromatic rings. The van der Waals surface area contributed by atoms with E-state index in [0.29, 0.717) is 6.61 Å². The van der Waals surface area contributed by atoms with Crippen molar-refractivity contribution in [1.82, 2.24) is 9.80 Å². The standard InChI is InChI=1S/C26H44N2O3Si/c1-24(2,3)31-23(29)28-21-15-16-26(28,7)19-27(17-20-13-11-10-12-14-20)22(21)18-30-32(8,9)25(4,5)6/h10-14,21-22H,15-19H2,1-9H3/t21-,22+,26+/m0/s1. The van der Waals surface area contributed by atoms with Crippen LogP contribution in [-0.4, -0.2) is 60.6 Å². The molecule has 180 valence electrons. The number of likely N-dealkylation sites (tertiary alicyclic amines) is 1. The average molecular weight is 461 g/mol. The van der Waals surface area contributed by atoms with Gasteiger partial charge in [0.25, 0.3) is 0 Å². The Morgan fingerprint density at radius 3 is 2.31 bits per heavy atom. The van der Waals surface area contributed by atoms with Crippen molar-refractivity contribution >= 4 is 14.4 Å². The van der Waals surface area contributed by atoms with Crippen LogP contribution >= 0.6 is 0 Å².